The molecule has 0 saturated carbocycles. The van der Waals surface area contributed by atoms with Crippen LogP contribution in [0.1, 0.15) is 55.7 Å². The van der Waals surface area contributed by atoms with Crippen molar-refractivity contribution in [3.05, 3.63) is 23.0 Å². The summed E-state index contributed by atoms with van der Waals surface area (Å²) in [7, 11) is 0. The molecule has 1 aromatic heterocycles. The largest absolute Gasteiger partial charge is 0.388 e. The van der Waals surface area contributed by atoms with Crippen LogP contribution < -0.4 is 5.32 Å². The molecule has 0 saturated heterocycles. The Balaban J connectivity index is 2.03. The molecular formula is C15H24N2O2. The number of amides is 1. The summed E-state index contributed by atoms with van der Waals surface area (Å²) in [5.41, 5.74) is 3.44. The molecule has 0 aliphatic heterocycles. The highest BCUT2D eigenvalue weighted by atomic mass is 16.3. The third-order valence-electron chi connectivity index (χ3n) is 3.83. The average molecular weight is 264 g/mol. The van der Waals surface area contributed by atoms with Crippen molar-refractivity contribution in [2.75, 3.05) is 6.54 Å². The third kappa shape index (κ3) is 3.18. The molecule has 2 N–H and O–H groups in total. The molecule has 0 fully saturated rings. The summed E-state index contributed by atoms with van der Waals surface area (Å²) < 4.78 is 2.20. The number of fused-ring (bicyclic) bond motifs is 1. The predicted molar refractivity (Wildman–Crippen MR) is 75.0 cm³/mol. The van der Waals surface area contributed by atoms with Crippen molar-refractivity contribution >= 4 is 5.91 Å². The van der Waals surface area contributed by atoms with Gasteiger partial charge in [0.05, 0.1) is 6.10 Å². The number of nitrogens with one attached hydrogen (secondary N) is 1. The normalized spacial score (nSPS) is 18.2. The van der Waals surface area contributed by atoms with Crippen LogP contribution in [0.3, 0.4) is 0 Å². The molecule has 4 heteroatoms. The number of rotatable bonds is 5. The fourth-order valence-corrected chi connectivity index (χ4v) is 2.82. The van der Waals surface area contributed by atoms with E-state index in [1.807, 2.05) is 6.92 Å². The van der Waals surface area contributed by atoms with Crippen molar-refractivity contribution in [2.24, 2.45) is 0 Å². The van der Waals surface area contributed by atoms with E-state index in [9.17, 15) is 9.90 Å². The van der Waals surface area contributed by atoms with Crippen LogP contribution >= 0.6 is 0 Å². The van der Waals surface area contributed by atoms with Gasteiger partial charge in [0.2, 0.25) is 5.91 Å². The molecular weight excluding hydrogens is 240 g/mol. The summed E-state index contributed by atoms with van der Waals surface area (Å²) in [5.74, 6) is 0.111. The number of carbonyl (C=O) groups is 1. The second-order valence-electron chi connectivity index (χ2n) is 5.35. The average Bonchev–Trinajstić information content (AvgIpc) is 2.71. The molecule has 1 amide bonds. The molecule has 2 rings (SSSR count). The lowest BCUT2D eigenvalue weighted by molar-refractivity contribution is -0.121. The van der Waals surface area contributed by atoms with E-state index >= 15 is 0 Å². The first kappa shape index (κ1) is 14.1. The minimum Gasteiger partial charge on any atom is -0.388 e. The predicted octanol–water partition coefficient (Wildman–Crippen LogP) is 2.08. The zero-order valence-corrected chi connectivity index (χ0v) is 11.9. The molecule has 1 aliphatic rings. The van der Waals surface area contributed by atoms with Crippen molar-refractivity contribution < 1.29 is 9.90 Å². The van der Waals surface area contributed by atoms with Crippen LogP contribution in [0.5, 0.6) is 0 Å². The van der Waals surface area contributed by atoms with E-state index in [-0.39, 0.29) is 12.0 Å². The lowest BCUT2D eigenvalue weighted by Crippen LogP contribution is -2.25. The second kappa shape index (κ2) is 6.24. The first-order valence-electron chi connectivity index (χ1n) is 7.27. The zero-order valence-electron chi connectivity index (χ0n) is 11.9. The van der Waals surface area contributed by atoms with Crippen molar-refractivity contribution in [1.29, 1.82) is 0 Å². The molecule has 4 nitrogen and oxygen atoms in total. The van der Waals surface area contributed by atoms with Crippen LogP contribution in [-0.4, -0.2) is 22.1 Å². The van der Waals surface area contributed by atoms with Gasteiger partial charge in [-0.3, -0.25) is 4.79 Å². The number of aromatic nitrogens is 1. The van der Waals surface area contributed by atoms with Crippen molar-refractivity contribution in [3.8, 4) is 0 Å². The van der Waals surface area contributed by atoms with E-state index in [0.29, 0.717) is 13.0 Å². The Morgan fingerprint density at radius 1 is 1.58 bits per heavy atom. The number of aliphatic hydroxyl groups is 1. The third-order valence-corrected chi connectivity index (χ3v) is 3.83. The molecule has 0 radical (unpaired) electrons. The fourth-order valence-electron chi connectivity index (χ4n) is 2.82. The maximum Gasteiger partial charge on any atom is 0.221 e. The topological polar surface area (TPSA) is 54.3 Å². The molecule has 0 aromatic carbocycles. The Labute approximate surface area is 114 Å². The summed E-state index contributed by atoms with van der Waals surface area (Å²) >= 11 is 0. The summed E-state index contributed by atoms with van der Waals surface area (Å²) in [5, 5.41) is 12.9. The standard InChI is InChI=1S/C15H24N2O2/c1-3-8-16-15(19)7-9-17-11(2)10-12-13(17)5-4-6-14(12)18/h10,14,18H,3-9H2,1-2H3,(H,16,19). The van der Waals surface area contributed by atoms with Crippen LogP contribution in [0.25, 0.3) is 0 Å². The van der Waals surface area contributed by atoms with Gasteiger partial charge in [0.1, 0.15) is 0 Å². The Morgan fingerprint density at radius 3 is 3.11 bits per heavy atom. The SMILES string of the molecule is CCCNC(=O)CCn1c(C)cc2c1CCCC2O. The maximum atomic E-state index is 11.7. The van der Waals surface area contributed by atoms with Crippen LogP contribution in [0, 0.1) is 6.92 Å². The van der Waals surface area contributed by atoms with Gasteiger partial charge in [0.25, 0.3) is 0 Å². The minimum atomic E-state index is -0.322. The van der Waals surface area contributed by atoms with E-state index < -0.39 is 0 Å². The van der Waals surface area contributed by atoms with Gasteiger partial charge in [-0.2, -0.15) is 0 Å². The Morgan fingerprint density at radius 2 is 2.37 bits per heavy atom. The van der Waals surface area contributed by atoms with Gasteiger partial charge in [-0.1, -0.05) is 6.92 Å². The molecule has 19 heavy (non-hydrogen) atoms. The number of hydrogen-bond acceptors (Lipinski definition) is 2. The van der Waals surface area contributed by atoms with E-state index in [1.165, 1.54) is 5.69 Å². The highest BCUT2D eigenvalue weighted by molar-refractivity contribution is 5.75. The highest BCUT2D eigenvalue weighted by Gasteiger charge is 2.22. The van der Waals surface area contributed by atoms with Gasteiger partial charge >= 0.3 is 0 Å². The van der Waals surface area contributed by atoms with E-state index in [2.05, 4.69) is 22.9 Å². The summed E-state index contributed by atoms with van der Waals surface area (Å²) in [6, 6.07) is 2.07. The number of hydrogen-bond donors (Lipinski definition) is 2. The van der Waals surface area contributed by atoms with Crippen LogP contribution in [0.2, 0.25) is 0 Å². The number of carbonyl (C=O) groups excluding carboxylic acids is 1. The van der Waals surface area contributed by atoms with Gasteiger partial charge in [0.15, 0.2) is 0 Å². The molecule has 1 aliphatic carbocycles. The highest BCUT2D eigenvalue weighted by Crippen LogP contribution is 2.32. The van der Waals surface area contributed by atoms with Crippen LogP contribution in [0.4, 0.5) is 0 Å². The van der Waals surface area contributed by atoms with Gasteiger partial charge in [-0.05, 0) is 38.7 Å². The maximum absolute atomic E-state index is 11.7. The first-order chi connectivity index (χ1) is 9.13. The molecule has 1 heterocycles. The fraction of sp³-hybridized carbons (Fsp3) is 0.667. The van der Waals surface area contributed by atoms with Gasteiger partial charge in [-0.15, -0.1) is 0 Å². The van der Waals surface area contributed by atoms with E-state index in [4.69, 9.17) is 0 Å². The first-order valence-corrected chi connectivity index (χ1v) is 7.27. The zero-order chi connectivity index (χ0) is 13.8. The van der Waals surface area contributed by atoms with Crippen molar-refractivity contribution in [3.63, 3.8) is 0 Å². The summed E-state index contributed by atoms with van der Waals surface area (Å²) in [6.07, 6.45) is 4.05. The minimum absolute atomic E-state index is 0.111. The Kier molecular flexibility index (Phi) is 4.64. The van der Waals surface area contributed by atoms with Crippen molar-refractivity contribution in [1.82, 2.24) is 9.88 Å². The Hall–Kier alpha value is -1.29. The second-order valence-corrected chi connectivity index (χ2v) is 5.35. The van der Waals surface area contributed by atoms with E-state index in [0.717, 1.165) is 43.5 Å². The molecule has 0 spiro atoms. The van der Waals surface area contributed by atoms with Gasteiger partial charge < -0.3 is 15.0 Å². The van der Waals surface area contributed by atoms with E-state index in [1.54, 1.807) is 0 Å². The Bertz CT molecular complexity index is 451. The molecule has 1 atom stereocenters. The molecule has 0 bridgehead atoms. The number of aliphatic hydroxyl groups excluding tert-OH is 1. The van der Waals surface area contributed by atoms with Crippen LogP contribution in [-0.2, 0) is 17.8 Å². The van der Waals surface area contributed by atoms with Crippen LogP contribution in [0.15, 0.2) is 6.07 Å². The summed E-state index contributed by atoms with van der Waals surface area (Å²) in [6.45, 7) is 5.56. The quantitative estimate of drug-likeness (QED) is 0.855. The summed E-state index contributed by atoms with van der Waals surface area (Å²) in [4.78, 5) is 11.7. The molecule has 106 valence electrons. The number of nitrogens with zero attached hydrogens (tertiary/aromatic N) is 1. The van der Waals surface area contributed by atoms with Gasteiger partial charge in [0, 0.05) is 36.5 Å². The van der Waals surface area contributed by atoms with Gasteiger partial charge in [-0.25, -0.2) is 0 Å². The number of aryl methyl sites for hydroxylation is 1. The smallest absolute Gasteiger partial charge is 0.221 e. The van der Waals surface area contributed by atoms with Crippen molar-refractivity contribution in [2.45, 2.75) is 58.6 Å². The molecule has 1 unspecified atom stereocenters. The lowest BCUT2D eigenvalue weighted by Gasteiger charge is -2.20. The molecule has 1 aromatic rings. The monoisotopic (exact) mass is 264 g/mol. The lowest BCUT2D eigenvalue weighted by atomic mass is 9.95.